The lowest BCUT2D eigenvalue weighted by atomic mass is 10.1. The molecule has 0 radical (unpaired) electrons. The largest absolute Gasteiger partial charge is 0.545 e. The molecule has 9 heteroatoms. The second-order valence-electron chi connectivity index (χ2n) is 17.0. The Balaban J connectivity index is 4.39. The molecule has 0 rings (SSSR count). The smallest absolute Gasteiger partial charge is 0.306 e. The summed E-state index contributed by atoms with van der Waals surface area (Å²) in [6, 6.07) is 0. The highest BCUT2D eigenvalue weighted by Crippen LogP contribution is 2.14. The van der Waals surface area contributed by atoms with E-state index in [1.54, 1.807) is 0 Å². The van der Waals surface area contributed by atoms with Crippen LogP contribution in [0.15, 0.2) is 48.6 Å². The molecule has 59 heavy (non-hydrogen) atoms. The quantitative estimate of drug-likeness (QED) is 0.0196. The zero-order valence-corrected chi connectivity index (χ0v) is 38.6. The molecule has 0 aliphatic carbocycles. The van der Waals surface area contributed by atoms with E-state index in [2.05, 4.69) is 62.5 Å². The number of nitrogens with zero attached hydrogens (tertiary/aromatic N) is 1. The van der Waals surface area contributed by atoms with Gasteiger partial charge >= 0.3 is 11.9 Å². The van der Waals surface area contributed by atoms with Crippen LogP contribution in [0.3, 0.4) is 0 Å². The van der Waals surface area contributed by atoms with Crippen LogP contribution < -0.4 is 5.11 Å². The average Bonchev–Trinajstić information content (AvgIpc) is 3.19. The van der Waals surface area contributed by atoms with Gasteiger partial charge in [0.1, 0.15) is 13.2 Å². The number of carboxylic acid groups (broad SMARTS) is 1. The average molecular weight is 832 g/mol. The van der Waals surface area contributed by atoms with Gasteiger partial charge in [-0.3, -0.25) is 9.59 Å². The first-order valence-corrected chi connectivity index (χ1v) is 23.8. The molecule has 0 amide bonds. The van der Waals surface area contributed by atoms with E-state index < -0.39 is 24.3 Å². The summed E-state index contributed by atoms with van der Waals surface area (Å²) in [5, 5.41) is 11.7. The van der Waals surface area contributed by atoms with Gasteiger partial charge in [-0.05, 0) is 70.6 Å². The number of hydrogen-bond acceptors (Lipinski definition) is 8. The molecule has 0 N–H and O–H groups in total. The van der Waals surface area contributed by atoms with Gasteiger partial charge in [0.15, 0.2) is 12.4 Å². The number of allylic oxidation sites excluding steroid dienone is 8. The van der Waals surface area contributed by atoms with Gasteiger partial charge in [0.2, 0.25) is 0 Å². The molecule has 9 nitrogen and oxygen atoms in total. The van der Waals surface area contributed by atoms with Crippen LogP contribution in [0.2, 0.25) is 0 Å². The summed E-state index contributed by atoms with van der Waals surface area (Å²) < 4.78 is 22.5. The summed E-state index contributed by atoms with van der Waals surface area (Å²) in [6.07, 6.45) is 45.7. The fourth-order valence-electron chi connectivity index (χ4n) is 6.31. The third-order valence-corrected chi connectivity index (χ3v) is 10.0. The zero-order chi connectivity index (χ0) is 43.5. The molecule has 0 bridgehead atoms. The number of esters is 2. The Morgan fingerprint density at radius 3 is 1.41 bits per heavy atom. The summed E-state index contributed by atoms with van der Waals surface area (Å²) >= 11 is 0. The van der Waals surface area contributed by atoms with Crippen LogP contribution in [0.1, 0.15) is 194 Å². The Kier molecular flexibility index (Phi) is 40.0. The molecule has 0 saturated carbocycles. The molecule has 0 saturated heterocycles. The maximum absolute atomic E-state index is 12.8. The number of aliphatic carboxylic acids is 1. The highest BCUT2D eigenvalue weighted by molar-refractivity contribution is 5.70. The van der Waals surface area contributed by atoms with Crippen molar-refractivity contribution in [3.05, 3.63) is 48.6 Å². The SMILES string of the molecule is CCC/C=C\C/C=C\CCCCCCCC(=O)OCC(COC(OCC[N+](C)(C)C)C(=O)[O-])OC(=O)CCCCCCCCCCC/C=C\C/C=C\CCCCCCC. The molecule has 0 aromatic heterocycles. The highest BCUT2D eigenvalue weighted by Gasteiger charge is 2.21. The normalized spacial score (nSPS) is 13.3. The molecule has 0 aromatic rings. The lowest BCUT2D eigenvalue weighted by molar-refractivity contribution is -0.870. The Hall–Kier alpha value is -2.75. The Morgan fingerprint density at radius 2 is 0.949 bits per heavy atom. The third kappa shape index (κ3) is 43.2. The van der Waals surface area contributed by atoms with Gasteiger partial charge in [0.25, 0.3) is 0 Å². The standard InChI is InChI=1S/C50H89NO8/c1-6-8-10-12-14-16-18-20-21-22-23-24-25-26-27-29-31-33-35-37-39-41-48(53)59-46(45-58-50(49(54)55)56-43-42-51(3,4)5)44-57-47(52)40-38-36-34-32-30-28-19-17-15-13-11-9-7-2/h11,13,17-20,22-23,46,50H,6-10,12,14-16,21,24-45H2,1-5H3/b13-11-,19-17-,20-18-,23-22-. The van der Waals surface area contributed by atoms with Crippen molar-refractivity contribution in [3.63, 3.8) is 0 Å². The second kappa shape index (κ2) is 42.0. The highest BCUT2D eigenvalue weighted by atomic mass is 16.7. The molecular formula is C50H89NO8. The number of quaternary nitrogens is 1. The van der Waals surface area contributed by atoms with Crippen molar-refractivity contribution < 1.29 is 42.9 Å². The van der Waals surface area contributed by atoms with Gasteiger partial charge in [-0.1, -0.05) is 159 Å². The first kappa shape index (κ1) is 56.2. The predicted molar refractivity (Wildman–Crippen MR) is 242 cm³/mol. The minimum absolute atomic E-state index is 0.143. The molecule has 0 aromatic carbocycles. The summed E-state index contributed by atoms with van der Waals surface area (Å²) in [7, 11) is 5.90. The molecule has 0 spiro atoms. The molecule has 0 heterocycles. The number of unbranched alkanes of at least 4 members (excludes halogenated alkanes) is 20. The summed E-state index contributed by atoms with van der Waals surface area (Å²) in [6.45, 7) is 4.64. The van der Waals surface area contributed by atoms with Gasteiger partial charge in [-0.25, -0.2) is 0 Å². The predicted octanol–water partition coefficient (Wildman–Crippen LogP) is 11.4. The zero-order valence-electron chi connectivity index (χ0n) is 38.6. The van der Waals surface area contributed by atoms with E-state index in [1.165, 1.54) is 77.0 Å². The van der Waals surface area contributed by atoms with E-state index in [0.29, 0.717) is 17.4 Å². The minimum atomic E-state index is -1.62. The number of rotatable bonds is 43. The lowest BCUT2D eigenvalue weighted by Gasteiger charge is -2.26. The van der Waals surface area contributed by atoms with Gasteiger partial charge in [0.05, 0.1) is 40.3 Å². The number of carbonyl (C=O) groups is 3. The fraction of sp³-hybridized carbons (Fsp3) is 0.780. The third-order valence-electron chi connectivity index (χ3n) is 10.0. The first-order chi connectivity index (χ1) is 28.6. The molecular weight excluding hydrogens is 743 g/mol. The number of likely N-dealkylation sites (N-methyl/N-ethyl adjacent to an activating group) is 1. The second-order valence-corrected chi connectivity index (χ2v) is 17.0. The molecule has 0 fully saturated rings. The Bertz CT molecular complexity index is 1110. The van der Waals surface area contributed by atoms with Gasteiger partial charge in [-0.2, -0.15) is 0 Å². The molecule has 2 atom stereocenters. The van der Waals surface area contributed by atoms with Crippen LogP contribution in [0.5, 0.6) is 0 Å². The van der Waals surface area contributed by atoms with Crippen molar-refractivity contribution in [2.45, 2.75) is 206 Å². The van der Waals surface area contributed by atoms with E-state index in [1.807, 2.05) is 21.1 Å². The van der Waals surface area contributed by atoms with E-state index >= 15 is 0 Å². The van der Waals surface area contributed by atoms with Gasteiger partial charge in [0, 0.05) is 12.8 Å². The summed E-state index contributed by atoms with van der Waals surface area (Å²) in [5.41, 5.74) is 0. The van der Waals surface area contributed by atoms with Crippen molar-refractivity contribution in [2.24, 2.45) is 0 Å². The van der Waals surface area contributed by atoms with Crippen molar-refractivity contribution in [3.8, 4) is 0 Å². The molecule has 0 aliphatic rings. The minimum Gasteiger partial charge on any atom is -0.545 e. The van der Waals surface area contributed by atoms with Gasteiger partial charge in [-0.15, -0.1) is 0 Å². The van der Waals surface area contributed by atoms with Crippen LogP contribution in [-0.4, -0.2) is 82.3 Å². The van der Waals surface area contributed by atoms with E-state index in [4.69, 9.17) is 18.9 Å². The maximum atomic E-state index is 12.8. The van der Waals surface area contributed by atoms with Crippen LogP contribution in [0.25, 0.3) is 0 Å². The Morgan fingerprint density at radius 1 is 0.508 bits per heavy atom. The van der Waals surface area contributed by atoms with Crippen LogP contribution in [-0.2, 0) is 33.3 Å². The van der Waals surface area contributed by atoms with Gasteiger partial charge < -0.3 is 33.3 Å². The topological polar surface area (TPSA) is 111 Å². The van der Waals surface area contributed by atoms with Crippen molar-refractivity contribution in [2.75, 3.05) is 47.5 Å². The van der Waals surface area contributed by atoms with E-state index in [0.717, 1.165) is 83.5 Å². The first-order valence-electron chi connectivity index (χ1n) is 23.8. The molecule has 342 valence electrons. The number of carboxylic acids is 1. The molecule has 0 aliphatic heterocycles. The van der Waals surface area contributed by atoms with E-state index in [-0.39, 0.29) is 38.6 Å². The lowest BCUT2D eigenvalue weighted by Crippen LogP contribution is -2.44. The monoisotopic (exact) mass is 832 g/mol. The summed E-state index contributed by atoms with van der Waals surface area (Å²) in [4.78, 5) is 37.0. The van der Waals surface area contributed by atoms with Crippen molar-refractivity contribution >= 4 is 17.9 Å². The van der Waals surface area contributed by atoms with Crippen molar-refractivity contribution in [1.29, 1.82) is 0 Å². The van der Waals surface area contributed by atoms with E-state index in [9.17, 15) is 19.5 Å². The van der Waals surface area contributed by atoms with Crippen LogP contribution in [0, 0.1) is 0 Å². The van der Waals surface area contributed by atoms with Crippen molar-refractivity contribution in [1.82, 2.24) is 0 Å². The number of carbonyl (C=O) groups excluding carboxylic acids is 3. The summed E-state index contributed by atoms with van der Waals surface area (Å²) in [5.74, 6) is -2.31. The Labute approximate surface area is 362 Å². The fourth-order valence-corrected chi connectivity index (χ4v) is 6.31. The van der Waals surface area contributed by atoms with Crippen LogP contribution >= 0.6 is 0 Å². The molecule has 2 unspecified atom stereocenters. The number of ether oxygens (including phenoxy) is 4. The number of hydrogen-bond donors (Lipinski definition) is 0. The van der Waals surface area contributed by atoms with Crippen LogP contribution in [0.4, 0.5) is 0 Å². The maximum Gasteiger partial charge on any atom is 0.306 e.